The fourth-order valence-corrected chi connectivity index (χ4v) is 1.46. The predicted molar refractivity (Wildman–Crippen MR) is 69.4 cm³/mol. The number of nitrogens with zero attached hydrogens (tertiary/aromatic N) is 1. The lowest BCUT2D eigenvalue weighted by Crippen LogP contribution is -2.46. The third-order valence-corrected chi connectivity index (χ3v) is 2.32. The van der Waals surface area contributed by atoms with E-state index in [1.807, 2.05) is 20.8 Å². The highest BCUT2D eigenvalue weighted by Gasteiger charge is 2.18. The van der Waals surface area contributed by atoms with Crippen molar-refractivity contribution in [1.82, 2.24) is 10.6 Å². The van der Waals surface area contributed by atoms with Crippen molar-refractivity contribution in [2.75, 3.05) is 13.1 Å². The molecule has 0 saturated heterocycles. The summed E-state index contributed by atoms with van der Waals surface area (Å²) in [6, 6.07) is 2.15. The van der Waals surface area contributed by atoms with Crippen molar-refractivity contribution in [1.29, 1.82) is 5.26 Å². The Morgan fingerprint density at radius 1 is 1.24 bits per heavy atom. The van der Waals surface area contributed by atoms with Crippen molar-refractivity contribution < 1.29 is 4.79 Å². The van der Waals surface area contributed by atoms with Crippen LogP contribution in [-0.4, -0.2) is 24.5 Å². The Balaban J connectivity index is 3.84. The van der Waals surface area contributed by atoms with Gasteiger partial charge in [0.25, 0.3) is 0 Å². The number of nitrogens with one attached hydrogen (secondary N) is 2. The van der Waals surface area contributed by atoms with Gasteiger partial charge in [-0.25, -0.2) is 0 Å². The molecule has 0 rings (SSSR count). The summed E-state index contributed by atoms with van der Waals surface area (Å²) in [7, 11) is 0. The van der Waals surface area contributed by atoms with E-state index in [4.69, 9.17) is 5.26 Å². The third-order valence-electron chi connectivity index (χ3n) is 2.32. The first-order chi connectivity index (χ1) is 7.66. The smallest absolute Gasteiger partial charge is 0.234 e. The second-order valence-electron chi connectivity index (χ2n) is 6.22. The monoisotopic (exact) mass is 239 g/mol. The van der Waals surface area contributed by atoms with Crippen LogP contribution in [0.1, 0.15) is 47.5 Å². The molecule has 2 N–H and O–H groups in total. The molecule has 0 radical (unpaired) electrons. The van der Waals surface area contributed by atoms with Gasteiger partial charge in [0.05, 0.1) is 12.6 Å². The average molecular weight is 239 g/mol. The van der Waals surface area contributed by atoms with E-state index < -0.39 is 0 Å². The van der Waals surface area contributed by atoms with Gasteiger partial charge in [0, 0.05) is 18.5 Å². The zero-order chi connectivity index (χ0) is 13.5. The fourth-order valence-electron chi connectivity index (χ4n) is 1.46. The zero-order valence-electron chi connectivity index (χ0n) is 11.7. The van der Waals surface area contributed by atoms with Gasteiger partial charge in [-0.15, -0.1) is 0 Å². The molecule has 0 heterocycles. The van der Waals surface area contributed by atoms with Gasteiger partial charge >= 0.3 is 0 Å². The molecule has 17 heavy (non-hydrogen) atoms. The van der Waals surface area contributed by atoms with Crippen LogP contribution in [0.4, 0.5) is 0 Å². The molecule has 0 aromatic rings. The van der Waals surface area contributed by atoms with E-state index in [9.17, 15) is 4.79 Å². The van der Waals surface area contributed by atoms with E-state index in [0.717, 1.165) is 13.0 Å². The first-order valence-corrected chi connectivity index (χ1v) is 6.05. The minimum atomic E-state index is -0.185. The molecule has 0 spiro atoms. The SMILES string of the molecule is CC(C)(CCC#N)CNCC(=O)NC(C)(C)C. The summed E-state index contributed by atoms with van der Waals surface area (Å²) in [5.41, 5.74) is -0.132. The minimum Gasteiger partial charge on any atom is -0.350 e. The lowest BCUT2D eigenvalue weighted by Gasteiger charge is -2.25. The van der Waals surface area contributed by atoms with Crippen LogP contribution in [0.15, 0.2) is 0 Å². The molecular weight excluding hydrogens is 214 g/mol. The van der Waals surface area contributed by atoms with E-state index in [2.05, 4.69) is 30.6 Å². The number of hydrogen-bond acceptors (Lipinski definition) is 3. The summed E-state index contributed by atoms with van der Waals surface area (Å²) in [5.74, 6) is 0.00795. The molecule has 0 aliphatic heterocycles. The van der Waals surface area contributed by atoms with Crippen LogP contribution in [0.3, 0.4) is 0 Å². The van der Waals surface area contributed by atoms with Crippen molar-refractivity contribution in [2.24, 2.45) is 5.41 Å². The second kappa shape index (κ2) is 6.61. The summed E-state index contributed by atoms with van der Waals surface area (Å²) in [5, 5.41) is 14.6. The predicted octanol–water partition coefficient (Wildman–Crippen LogP) is 1.82. The van der Waals surface area contributed by atoms with Gasteiger partial charge in [0.15, 0.2) is 0 Å². The molecule has 0 aromatic carbocycles. The van der Waals surface area contributed by atoms with Gasteiger partial charge in [0.1, 0.15) is 0 Å². The summed E-state index contributed by atoms with van der Waals surface area (Å²) in [4.78, 5) is 11.5. The first kappa shape index (κ1) is 15.9. The lowest BCUT2D eigenvalue weighted by atomic mass is 9.88. The van der Waals surface area contributed by atoms with Gasteiger partial charge in [-0.2, -0.15) is 5.26 Å². The number of nitriles is 1. The Morgan fingerprint density at radius 3 is 2.29 bits per heavy atom. The van der Waals surface area contributed by atoms with Crippen molar-refractivity contribution in [2.45, 2.75) is 53.0 Å². The fraction of sp³-hybridized carbons (Fsp3) is 0.846. The van der Waals surface area contributed by atoms with E-state index >= 15 is 0 Å². The molecule has 0 aromatic heterocycles. The molecule has 0 aliphatic rings. The van der Waals surface area contributed by atoms with Crippen LogP contribution in [0, 0.1) is 16.7 Å². The van der Waals surface area contributed by atoms with E-state index in [1.54, 1.807) is 0 Å². The van der Waals surface area contributed by atoms with E-state index in [1.165, 1.54) is 0 Å². The van der Waals surface area contributed by atoms with E-state index in [0.29, 0.717) is 13.0 Å². The zero-order valence-corrected chi connectivity index (χ0v) is 11.7. The van der Waals surface area contributed by atoms with Gasteiger partial charge in [0.2, 0.25) is 5.91 Å². The molecule has 0 bridgehead atoms. The van der Waals surface area contributed by atoms with Crippen molar-refractivity contribution >= 4 is 5.91 Å². The van der Waals surface area contributed by atoms with Gasteiger partial charge in [-0.1, -0.05) is 13.8 Å². The third kappa shape index (κ3) is 9.83. The molecule has 1 amide bonds. The Labute approximate surface area is 105 Å². The normalized spacial score (nSPS) is 12.0. The molecule has 0 atom stereocenters. The quantitative estimate of drug-likeness (QED) is 0.743. The van der Waals surface area contributed by atoms with E-state index in [-0.39, 0.29) is 16.9 Å². The Kier molecular flexibility index (Phi) is 6.19. The standard InChI is InChI=1S/C13H25N3O/c1-12(2,3)16-11(17)9-15-10-13(4,5)7-6-8-14/h15H,6-7,9-10H2,1-5H3,(H,16,17). The molecule has 4 heteroatoms. The summed E-state index contributed by atoms with van der Waals surface area (Å²) in [6.07, 6.45) is 1.40. The number of hydrogen-bond donors (Lipinski definition) is 2. The average Bonchev–Trinajstić information content (AvgIpc) is 2.11. The highest BCUT2D eigenvalue weighted by Crippen LogP contribution is 2.20. The van der Waals surface area contributed by atoms with Crippen LogP contribution in [0.2, 0.25) is 0 Å². The van der Waals surface area contributed by atoms with Crippen LogP contribution in [-0.2, 0) is 4.79 Å². The number of carbonyl (C=O) groups excluding carboxylic acids is 1. The number of rotatable bonds is 6. The summed E-state index contributed by atoms with van der Waals surface area (Å²) in [6.45, 7) is 11.1. The lowest BCUT2D eigenvalue weighted by molar-refractivity contribution is -0.121. The number of amides is 1. The summed E-state index contributed by atoms with van der Waals surface area (Å²) >= 11 is 0. The first-order valence-electron chi connectivity index (χ1n) is 6.05. The second-order valence-corrected chi connectivity index (χ2v) is 6.22. The molecule has 0 fully saturated rings. The molecule has 0 aliphatic carbocycles. The van der Waals surface area contributed by atoms with Gasteiger partial charge < -0.3 is 10.6 Å². The molecule has 0 saturated carbocycles. The molecule has 4 nitrogen and oxygen atoms in total. The van der Waals surface area contributed by atoms with Crippen molar-refractivity contribution in [3.05, 3.63) is 0 Å². The highest BCUT2D eigenvalue weighted by molar-refractivity contribution is 5.78. The van der Waals surface area contributed by atoms with Crippen LogP contribution in [0.25, 0.3) is 0 Å². The maximum absolute atomic E-state index is 11.5. The molecular formula is C13H25N3O. The van der Waals surface area contributed by atoms with Crippen molar-refractivity contribution in [3.63, 3.8) is 0 Å². The molecule has 0 unspecified atom stereocenters. The van der Waals surface area contributed by atoms with Crippen LogP contribution < -0.4 is 10.6 Å². The topological polar surface area (TPSA) is 64.9 Å². The van der Waals surface area contributed by atoms with Gasteiger partial charge in [-0.3, -0.25) is 4.79 Å². The Morgan fingerprint density at radius 2 is 1.82 bits per heavy atom. The highest BCUT2D eigenvalue weighted by atomic mass is 16.2. The van der Waals surface area contributed by atoms with Crippen LogP contribution >= 0.6 is 0 Å². The maximum atomic E-state index is 11.5. The van der Waals surface area contributed by atoms with Gasteiger partial charge in [-0.05, 0) is 32.6 Å². The minimum absolute atomic E-state index is 0.00795. The molecule has 98 valence electrons. The maximum Gasteiger partial charge on any atom is 0.234 e. The Hall–Kier alpha value is -1.08. The number of carbonyl (C=O) groups is 1. The summed E-state index contributed by atoms with van der Waals surface area (Å²) < 4.78 is 0. The van der Waals surface area contributed by atoms with Crippen LogP contribution in [0.5, 0.6) is 0 Å². The largest absolute Gasteiger partial charge is 0.350 e. The van der Waals surface area contributed by atoms with Crippen molar-refractivity contribution in [3.8, 4) is 6.07 Å². The Bertz CT molecular complexity index is 284.